The maximum absolute atomic E-state index is 12.3. The Hall–Kier alpha value is -1.64. The fourth-order valence-electron chi connectivity index (χ4n) is 3.90. The predicted molar refractivity (Wildman–Crippen MR) is 123 cm³/mol. The second-order valence-corrected chi connectivity index (χ2v) is 10.9. The Balaban J connectivity index is 1.87. The maximum Gasteiger partial charge on any atom is 0.224 e. The third-order valence-electron chi connectivity index (χ3n) is 5.27. The maximum atomic E-state index is 12.3. The van der Waals surface area contributed by atoms with Crippen LogP contribution in [0, 0.1) is 13.8 Å². The number of carbonyl (C=O) groups excluding carboxylic acids is 1. The highest BCUT2D eigenvalue weighted by Gasteiger charge is 2.24. The first-order valence-electron chi connectivity index (χ1n) is 10.8. The van der Waals surface area contributed by atoms with Gasteiger partial charge in [0.05, 0.1) is 17.5 Å². The van der Waals surface area contributed by atoms with E-state index < -0.39 is 15.3 Å². The number of aryl methyl sites for hydroxylation is 2. The molecule has 1 aromatic rings. The highest BCUT2D eigenvalue weighted by molar-refractivity contribution is 7.90. The molecule has 2 N–H and O–H groups in total. The summed E-state index contributed by atoms with van der Waals surface area (Å²) in [7, 11) is -3.24. The number of anilines is 2. The van der Waals surface area contributed by atoms with Crippen LogP contribution in [0.4, 0.5) is 11.4 Å². The summed E-state index contributed by atoms with van der Waals surface area (Å²) in [5.74, 6) is -0.0538. The Labute approximate surface area is 181 Å². The van der Waals surface area contributed by atoms with E-state index in [-0.39, 0.29) is 18.1 Å². The topological polar surface area (TPSA) is 87.7 Å². The molecule has 7 nitrogen and oxygen atoms in total. The lowest BCUT2D eigenvalue weighted by Gasteiger charge is -2.38. The molecule has 0 bridgehead atoms. The van der Waals surface area contributed by atoms with Gasteiger partial charge in [-0.3, -0.25) is 4.79 Å². The van der Waals surface area contributed by atoms with Gasteiger partial charge in [-0.25, -0.2) is 13.1 Å². The van der Waals surface area contributed by atoms with Gasteiger partial charge in [-0.05, 0) is 77.6 Å². The van der Waals surface area contributed by atoms with Crippen molar-refractivity contribution in [3.8, 4) is 0 Å². The summed E-state index contributed by atoms with van der Waals surface area (Å²) in [5, 5.41) is 2.53. The van der Waals surface area contributed by atoms with Gasteiger partial charge in [0.25, 0.3) is 0 Å². The van der Waals surface area contributed by atoms with E-state index in [2.05, 4.69) is 42.6 Å². The lowest BCUT2D eigenvalue weighted by atomic mass is 10.0. The summed E-state index contributed by atoms with van der Waals surface area (Å²) < 4.78 is 31.8. The molecule has 1 heterocycles. The van der Waals surface area contributed by atoms with Crippen LogP contribution in [0.1, 0.15) is 58.1 Å². The number of nitrogens with zero attached hydrogens (tertiary/aromatic N) is 1. The highest BCUT2D eigenvalue weighted by atomic mass is 32.2. The molecule has 2 atom stereocenters. The fraction of sp³-hybridized carbons (Fsp3) is 0.682. The zero-order valence-corrected chi connectivity index (χ0v) is 19.9. The van der Waals surface area contributed by atoms with E-state index >= 15 is 0 Å². The fourth-order valence-corrected chi connectivity index (χ4v) is 4.66. The second-order valence-electron chi connectivity index (χ2n) is 8.61. The molecule has 1 aliphatic heterocycles. The Kier molecular flexibility index (Phi) is 8.70. The molecule has 30 heavy (non-hydrogen) atoms. The number of rotatable bonds is 9. The molecule has 1 saturated heterocycles. The molecule has 1 amide bonds. The molecule has 1 aliphatic rings. The van der Waals surface area contributed by atoms with Crippen LogP contribution in [-0.2, 0) is 19.6 Å². The largest absolute Gasteiger partial charge is 0.372 e. The number of ether oxygens (including phenoxy) is 1. The van der Waals surface area contributed by atoms with Gasteiger partial charge in [0.15, 0.2) is 0 Å². The molecule has 0 saturated carbocycles. The van der Waals surface area contributed by atoms with Gasteiger partial charge >= 0.3 is 0 Å². The van der Waals surface area contributed by atoms with E-state index in [1.54, 1.807) is 13.8 Å². The van der Waals surface area contributed by atoms with E-state index in [0.717, 1.165) is 29.9 Å². The monoisotopic (exact) mass is 439 g/mol. The zero-order chi connectivity index (χ0) is 22.5. The van der Waals surface area contributed by atoms with Crippen molar-refractivity contribution in [2.45, 2.75) is 78.3 Å². The van der Waals surface area contributed by atoms with Crippen molar-refractivity contribution < 1.29 is 17.9 Å². The van der Waals surface area contributed by atoms with Crippen LogP contribution in [0.5, 0.6) is 0 Å². The van der Waals surface area contributed by atoms with Gasteiger partial charge in [0.1, 0.15) is 0 Å². The van der Waals surface area contributed by atoms with E-state index in [0.29, 0.717) is 25.8 Å². The van der Waals surface area contributed by atoms with Crippen LogP contribution < -0.4 is 14.9 Å². The molecule has 170 valence electrons. The number of sulfonamides is 1. The van der Waals surface area contributed by atoms with E-state index in [1.807, 2.05) is 12.1 Å². The van der Waals surface area contributed by atoms with E-state index in [1.165, 1.54) is 5.69 Å². The SMILES string of the molecule is Cc1cc(NC(=O)CCCCNS(=O)(=O)C(C)C)cc(C)c1N1C[C@@H](C)O[C@@H](C)C1. The Bertz CT molecular complexity index is 806. The molecular formula is C22H37N3O4S. The summed E-state index contributed by atoms with van der Waals surface area (Å²) in [6.45, 7) is 13.7. The van der Waals surface area contributed by atoms with Crippen LogP contribution in [0.15, 0.2) is 12.1 Å². The van der Waals surface area contributed by atoms with Crippen molar-refractivity contribution in [1.82, 2.24) is 4.72 Å². The molecular weight excluding hydrogens is 402 g/mol. The minimum Gasteiger partial charge on any atom is -0.372 e. The van der Waals surface area contributed by atoms with Crippen LogP contribution in [0.3, 0.4) is 0 Å². The van der Waals surface area contributed by atoms with Crippen molar-refractivity contribution in [3.63, 3.8) is 0 Å². The Morgan fingerprint density at radius 2 is 1.70 bits per heavy atom. The van der Waals surface area contributed by atoms with Crippen LogP contribution >= 0.6 is 0 Å². The number of hydrogen-bond donors (Lipinski definition) is 2. The highest BCUT2D eigenvalue weighted by Crippen LogP contribution is 2.31. The number of nitrogens with one attached hydrogen (secondary N) is 2. The number of benzene rings is 1. The van der Waals surface area contributed by atoms with Gasteiger partial charge in [0, 0.05) is 37.4 Å². The van der Waals surface area contributed by atoms with Gasteiger partial charge in [-0.2, -0.15) is 0 Å². The minimum absolute atomic E-state index is 0.0538. The number of hydrogen-bond acceptors (Lipinski definition) is 5. The quantitative estimate of drug-likeness (QED) is 0.576. The summed E-state index contributed by atoms with van der Waals surface area (Å²) in [5.41, 5.74) is 4.28. The average molecular weight is 440 g/mol. The molecule has 0 radical (unpaired) electrons. The lowest BCUT2D eigenvalue weighted by molar-refractivity contribution is -0.116. The summed E-state index contributed by atoms with van der Waals surface area (Å²) in [4.78, 5) is 14.7. The van der Waals surface area contributed by atoms with Crippen molar-refractivity contribution in [1.29, 1.82) is 0 Å². The van der Waals surface area contributed by atoms with Gasteiger partial charge in [-0.15, -0.1) is 0 Å². The second kappa shape index (κ2) is 10.6. The normalized spacial score (nSPS) is 19.9. The van der Waals surface area contributed by atoms with E-state index in [9.17, 15) is 13.2 Å². The Morgan fingerprint density at radius 1 is 1.13 bits per heavy atom. The lowest BCUT2D eigenvalue weighted by Crippen LogP contribution is -2.46. The number of morpholine rings is 1. The summed E-state index contributed by atoms with van der Waals surface area (Å²) in [6, 6.07) is 4.03. The number of unbranched alkanes of at least 4 members (excludes halogenated alkanes) is 1. The van der Waals surface area contributed by atoms with E-state index in [4.69, 9.17) is 4.74 Å². The van der Waals surface area contributed by atoms with Gasteiger partial charge in [-0.1, -0.05) is 0 Å². The number of amides is 1. The molecule has 0 aromatic heterocycles. The van der Waals surface area contributed by atoms with Gasteiger partial charge in [0.2, 0.25) is 15.9 Å². The van der Waals surface area contributed by atoms with Crippen molar-refractivity contribution in [2.24, 2.45) is 0 Å². The first-order chi connectivity index (χ1) is 14.0. The summed E-state index contributed by atoms with van der Waals surface area (Å²) >= 11 is 0. The van der Waals surface area contributed by atoms with Gasteiger partial charge < -0.3 is 15.0 Å². The smallest absolute Gasteiger partial charge is 0.224 e. The van der Waals surface area contributed by atoms with Crippen LogP contribution in [0.2, 0.25) is 0 Å². The molecule has 1 aromatic carbocycles. The van der Waals surface area contributed by atoms with Crippen LogP contribution in [-0.4, -0.2) is 51.4 Å². The molecule has 1 fully saturated rings. The number of carbonyl (C=O) groups is 1. The third kappa shape index (κ3) is 6.96. The zero-order valence-electron chi connectivity index (χ0n) is 19.1. The average Bonchev–Trinajstić information content (AvgIpc) is 2.59. The van der Waals surface area contributed by atoms with Crippen LogP contribution in [0.25, 0.3) is 0 Å². The molecule has 8 heteroatoms. The molecule has 2 rings (SSSR count). The molecule has 0 spiro atoms. The predicted octanol–water partition coefficient (Wildman–Crippen LogP) is 3.35. The molecule has 0 aliphatic carbocycles. The molecule has 0 unspecified atom stereocenters. The van der Waals surface area contributed by atoms with Crippen molar-refractivity contribution >= 4 is 27.3 Å². The standard InChI is InChI=1S/C22H37N3O4S/c1-15(2)30(27,28)23-10-8-7-9-21(26)24-20-11-16(3)22(17(4)12-20)25-13-18(5)29-19(6)14-25/h11-12,15,18-19,23H,7-10,13-14H2,1-6H3,(H,24,26)/t18-,19+. The third-order valence-corrected chi connectivity index (χ3v) is 7.11. The minimum atomic E-state index is -3.24. The van der Waals surface area contributed by atoms with Crippen molar-refractivity contribution in [2.75, 3.05) is 29.9 Å². The first kappa shape index (κ1) is 24.6. The Morgan fingerprint density at radius 3 is 2.23 bits per heavy atom. The summed E-state index contributed by atoms with van der Waals surface area (Å²) in [6.07, 6.45) is 2.01. The first-order valence-corrected chi connectivity index (χ1v) is 12.3. The van der Waals surface area contributed by atoms with Crippen molar-refractivity contribution in [3.05, 3.63) is 23.3 Å².